The molecule has 2 N–H and O–H groups in total. The van der Waals surface area contributed by atoms with E-state index < -0.39 is 11.8 Å². The second-order valence-corrected chi connectivity index (χ2v) is 6.77. The molecule has 1 aromatic heterocycles. The standard InChI is InChI=1S/C16H13FN4OS2/c17-12-8-4-5-9-13(12)18-15(22)19-16-21-20-14(24-16)10-23-11-6-2-1-3-7-11/h1-9H,10H2,(H2,18,19,21,22). The van der Waals surface area contributed by atoms with E-state index in [1.165, 1.54) is 23.5 Å². The highest BCUT2D eigenvalue weighted by atomic mass is 32.2. The second kappa shape index (κ2) is 7.89. The SMILES string of the molecule is O=C(Nc1nnc(CSc2ccccc2)s1)Nc1ccccc1F. The van der Waals surface area contributed by atoms with Crippen LogP contribution < -0.4 is 10.6 Å². The number of para-hydroxylation sites is 1. The first-order valence-corrected chi connectivity index (χ1v) is 8.84. The molecule has 0 spiro atoms. The minimum atomic E-state index is -0.557. The van der Waals surface area contributed by atoms with Crippen molar-refractivity contribution >= 4 is 39.9 Å². The molecule has 2 amide bonds. The van der Waals surface area contributed by atoms with Crippen molar-refractivity contribution in [3.05, 3.63) is 65.4 Å². The van der Waals surface area contributed by atoms with Crippen molar-refractivity contribution in [2.45, 2.75) is 10.6 Å². The molecule has 0 radical (unpaired) electrons. The molecule has 0 atom stereocenters. The Morgan fingerprint density at radius 3 is 2.58 bits per heavy atom. The van der Waals surface area contributed by atoms with Crippen molar-refractivity contribution < 1.29 is 9.18 Å². The molecule has 0 aliphatic heterocycles. The average molecular weight is 360 g/mol. The Morgan fingerprint density at radius 1 is 1.04 bits per heavy atom. The van der Waals surface area contributed by atoms with Crippen molar-refractivity contribution in [2.24, 2.45) is 0 Å². The third kappa shape index (κ3) is 4.53. The van der Waals surface area contributed by atoms with E-state index in [2.05, 4.69) is 20.8 Å². The summed E-state index contributed by atoms with van der Waals surface area (Å²) in [5.74, 6) is 0.169. The van der Waals surface area contributed by atoms with E-state index in [1.807, 2.05) is 30.3 Å². The Morgan fingerprint density at radius 2 is 1.79 bits per heavy atom. The Balaban J connectivity index is 1.54. The smallest absolute Gasteiger partial charge is 0.305 e. The highest BCUT2D eigenvalue weighted by Crippen LogP contribution is 2.25. The van der Waals surface area contributed by atoms with Gasteiger partial charge in [0.1, 0.15) is 10.8 Å². The molecule has 122 valence electrons. The number of halogens is 1. The van der Waals surface area contributed by atoms with Crippen molar-refractivity contribution in [1.29, 1.82) is 0 Å². The van der Waals surface area contributed by atoms with Crippen LogP contribution in [0.3, 0.4) is 0 Å². The van der Waals surface area contributed by atoms with E-state index in [0.717, 1.165) is 9.90 Å². The zero-order chi connectivity index (χ0) is 16.8. The van der Waals surface area contributed by atoms with E-state index in [4.69, 9.17) is 0 Å². The van der Waals surface area contributed by atoms with E-state index in [1.54, 1.807) is 23.9 Å². The lowest BCUT2D eigenvalue weighted by Gasteiger charge is -2.05. The normalized spacial score (nSPS) is 10.4. The van der Waals surface area contributed by atoms with Gasteiger partial charge in [0.25, 0.3) is 0 Å². The van der Waals surface area contributed by atoms with Gasteiger partial charge < -0.3 is 5.32 Å². The zero-order valence-corrected chi connectivity index (χ0v) is 14.0. The van der Waals surface area contributed by atoms with Crippen LogP contribution in [0.25, 0.3) is 0 Å². The van der Waals surface area contributed by atoms with E-state index in [0.29, 0.717) is 10.9 Å². The number of nitrogens with zero attached hydrogens (tertiary/aromatic N) is 2. The van der Waals surface area contributed by atoms with Crippen LogP contribution in [0.1, 0.15) is 5.01 Å². The highest BCUT2D eigenvalue weighted by molar-refractivity contribution is 7.98. The van der Waals surface area contributed by atoms with Crippen LogP contribution >= 0.6 is 23.1 Å². The number of amides is 2. The molecule has 0 aliphatic carbocycles. The summed E-state index contributed by atoms with van der Waals surface area (Å²) < 4.78 is 13.5. The number of nitrogens with one attached hydrogen (secondary N) is 2. The summed E-state index contributed by atoms with van der Waals surface area (Å²) in [5.41, 5.74) is 0.111. The van der Waals surface area contributed by atoms with Gasteiger partial charge in [0, 0.05) is 4.90 Å². The van der Waals surface area contributed by atoms with Crippen LogP contribution in [-0.2, 0) is 5.75 Å². The molecule has 0 saturated heterocycles. The van der Waals surface area contributed by atoms with Crippen molar-refractivity contribution in [2.75, 3.05) is 10.6 Å². The maximum absolute atomic E-state index is 13.5. The van der Waals surface area contributed by atoms with Crippen LogP contribution in [-0.4, -0.2) is 16.2 Å². The summed E-state index contributed by atoms with van der Waals surface area (Å²) in [7, 11) is 0. The lowest BCUT2D eigenvalue weighted by Crippen LogP contribution is -2.19. The monoisotopic (exact) mass is 360 g/mol. The van der Waals surface area contributed by atoms with Crippen LogP contribution in [0.15, 0.2) is 59.5 Å². The van der Waals surface area contributed by atoms with Gasteiger partial charge in [0.2, 0.25) is 5.13 Å². The van der Waals surface area contributed by atoms with Crippen LogP contribution in [0.4, 0.5) is 20.0 Å². The number of benzene rings is 2. The number of hydrogen-bond acceptors (Lipinski definition) is 5. The third-order valence-electron chi connectivity index (χ3n) is 2.91. The Hall–Kier alpha value is -2.45. The molecule has 0 saturated carbocycles. The van der Waals surface area contributed by atoms with Gasteiger partial charge >= 0.3 is 6.03 Å². The minimum absolute atomic E-state index is 0.111. The Kier molecular flexibility index (Phi) is 5.39. The molecule has 3 aromatic rings. The summed E-state index contributed by atoms with van der Waals surface area (Å²) in [5, 5.41) is 14.1. The fourth-order valence-corrected chi connectivity index (χ4v) is 3.48. The quantitative estimate of drug-likeness (QED) is 0.652. The topological polar surface area (TPSA) is 66.9 Å². The molecule has 24 heavy (non-hydrogen) atoms. The number of thioether (sulfide) groups is 1. The zero-order valence-electron chi connectivity index (χ0n) is 12.4. The predicted molar refractivity (Wildman–Crippen MR) is 95.0 cm³/mol. The molecule has 1 heterocycles. The highest BCUT2D eigenvalue weighted by Gasteiger charge is 2.10. The maximum atomic E-state index is 13.5. The third-order valence-corrected chi connectivity index (χ3v) is 4.96. The molecular weight excluding hydrogens is 347 g/mol. The van der Waals surface area contributed by atoms with Gasteiger partial charge in [-0.25, -0.2) is 9.18 Å². The first-order valence-electron chi connectivity index (χ1n) is 7.03. The van der Waals surface area contributed by atoms with Gasteiger partial charge in [-0.05, 0) is 24.3 Å². The van der Waals surface area contributed by atoms with E-state index in [9.17, 15) is 9.18 Å². The summed E-state index contributed by atoms with van der Waals surface area (Å²) in [6.45, 7) is 0. The number of aromatic nitrogens is 2. The summed E-state index contributed by atoms with van der Waals surface area (Å²) in [6.07, 6.45) is 0. The van der Waals surface area contributed by atoms with Crippen LogP contribution in [0.2, 0.25) is 0 Å². The first kappa shape index (κ1) is 16.4. The second-order valence-electron chi connectivity index (χ2n) is 4.66. The van der Waals surface area contributed by atoms with E-state index >= 15 is 0 Å². The molecule has 0 fully saturated rings. The predicted octanol–water partition coefficient (Wildman–Crippen LogP) is 4.61. The summed E-state index contributed by atoms with van der Waals surface area (Å²) >= 11 is 2.93. The maximum Gasteiger partial charge on any atom is 0.325 e. The lowest BCUT2D eigenvalue weighted by molar-refractivity contribution is 0.262. The number of anilines is 2. The minimum Gasteiger partial charge on any atom is -0.305 e. The largest absolute Gasteiger partial charge is 0.325 e. The number of carbonyl (C=O) groups excluding carboxylic acids is 1. The van der Waals surface area contributed by atoms with Crippen molar-refractivity contribution in [3.63, 3.8) is 0 Å². The molecule has 3 rings (SSSR count). The lowest BCUT2D eigenvalue weighted by atomic mass is 10.3. The molecule has 0 bridgehead atoms. The van der Waals surface area contributed by atoms with Gasteiger partial charge in [-0.15, -0.1) is 22.0 Å². The first-order chi connectivity index (χ1) is 11.7. The summed E-state index contributed by atoms with van der Waals surface area (Å²) in [6, 6.07) is 15.4. The Bertz CT molecular complexity index is 826. The molecular formula is C16H13FN4OS2. The van der Waals surface area contributed by atoms with Gasteiger partial charge in [0.15, 0.2) is 0 Å². The summed E-state index contributed by atoms with van der Waals surface area (Å²) in [4.78, 5) is 13.0. The van der Waals surface area contributed by atoms with Crippen LogP contribution in [0.5, 0.6) is 0 Å². The molecule has 0 aliphatic rings. The Labute approximate surface area is 146 Å². The average Bonchev–Trinajstić information content (AvgIpc) is 3.03. The molecule has 0 unspecified atom stereocenters. The molecule has 2 aromatic carbocycles. The van der Waals surface area contributed by atoms with Crippen molar-refractivity contribution in [1.82, 2.24) is 10.2 Å². The van der Waals surface area contributed by atoms with Gasteiger partial charge in [-0.3, -0.25) is 5.32 Å². The van der Waals surface area contributed by atoms with Crippen LogP contribution in [0, 0.1) is 5.82 Å². The molecule has 5 nitrogen and oxygen atoms in total. The fourth-order valence-electron chi connectivity index (χ4n) is 1.84. The number of urea groups is 1. The number of carbonyl (C=O) groups is 1. The number of rotatable bonds is 5. The number of hydrogen-bond donors (Lipinski definition) is 2. The fraction of sp³-hybridized carbons (Fsp3) is 0.0625. The van der Waals surface area contributed by atoms with Gasteiger partial charge in [-0.2, -0.15) is 0 Å². The van der Waals surface area contributed by atoms with E-state index in [-0.39, 0.29) is 5.69 Å². The molecule has 8 heteroatoms. The van der Waals surface area contributed by atoms with Crippen molar-refractivity contribution in [3.8, 4) is 0 Å². The van der Waals surface area contributed by atoms with Gasteiger partial charge in [0.05, 0.1) is 11.4 Å². The van der Waals surface area contributed by atoms with Gasteiger partial charge in [-0.1, -0.05) is 41.7 Å².